The smallest absolute Gasteiger partial charge is 0.243 e. The van der Waals surface area contributed by atoms with E-state index in [9.17, 15) is 4.79 Å². The monoisotopic (exact) mass is 288 g/mol. The molecule has 3 N–H and O–H groups in total. The summed E-state index contributed by atoms with van der Waals surface area (Å²) in [5.41, 5.74) is 7.43. The minimum Gasteiger partial charge on any atom is -0.371 e. The summed E-state index contributed by atoms with van der Waals surface area (Å²) < 4.78 is 0. The highest BCUT2D eigenvalue weighted by atomic mass is 16.1. The zero-order valence-electron chi connectivity index (χ0n) is 13.6. The first-order chi connectivity index (χ1) is 9.85. The molecule has 1 aliphatic rings. The van der Waals surface area contributed by atoms with Crippen molar-refractivity contribution in [2.75, 3.05) is 5.32 Å². The fraction of sp³-hybridized carbons (Fsp3) is 0.611. The topological polar surface area (TPSA) is 55.1 Å². The quantitative estimate of drug-likeness (QED) is 0.887. The van der Waals surface area contributed by atoms with E-state index < -0.39 is 5.54 Å². The zero-order valence-corrected chi connectivity index (χ0v) is 13.6. The Morgan fingerprint density at radius 1 is 1.38 bits per heavy atom. The van der Waals surface area contributed by atoms with Gasteiger partial charge < -0.3 is 11.1 Å². The Morgan fingerprint density at radius 2 is 2.10 bits per heavy atom. The van der Waals surface area contributed by atoms with Crippen molar-refractivity contribution in [1.82, 2.24) is 0 Å². The Morgan fingerprint density at radius 3 is 2.67 bits per heavy atom. The Labute approximate surface area is 128 Å². The highest BCUT2D eigenvalue weighted by Crippen LogP contribution is 2.43. The number of hydrogen-bond acceptors (Lipinski definition) is 2. The third-order valence-corrected chi connectivity index (χ3v) is 4.90. The van der Waals surface area contributed by atoms with Crippen LogP contribution >= 0.6 is 0 Å². The van der Waals surface area contributed by atoms with Crippen molar-refractivity contribution in [1.29, 1.82) is 0 Å². The van der Waals surface area contributed by atoms with Crippen LogP contribution in [0.4, 0.5) is 5.69 Å². The van der Waals surface area contributed by atoms with E-state index in [0.717, 1.165) is 18.5 Å². The first kappa shape index (κ1) is 15.9. The van der Waals surface area contributed by atoms with Crippen LogP contribution in [0.15, 0.2) is 24.3 Å². The fourth-order valence-electron chi connectivity index (χ4n) is 3.88. The van der Waals surface area contributed by atoms with Gasteiger partial charge in [0.25, 0.3) is 0 Å². The number of anilines is 1. The third kappa shape index (κ3) is 3.22. The van der Waals surface area contributed by atoms with Crippen LogP contribution in [0.3, 0.4) is 0 Å². The lowest BCUT2D eigenvalue weighted by atomic mass is 9.64. The van der Waals surface area contributed by atoms with Crippen molar-refractivity contribution in [2.45, 2.75) is 52.5 Å². The van der Waals surface area contributed by atoms with E-state index in [0.29, 0.717) is 11.8 Å². The van der Waals surface area contributed by atoms with Crippen molar-refractivity contribution >= 4 is 11.6 Å². The molecular weight excluding hydrogens is 260 g/mol. The summed E-state index contributed by atoms with van der Waals surface area (Å²) in [7, 11) is 0. The van der Waals surface area contributed by atoms with Gasteiger partial charge in [0.15, 0.2) is 0 Å². The summed E-state index contributed by atoms with van der Waals surface area (Å²) in [6.07, 6.45) is 3.05. The van der Waals surface area contributed by atoms with Gasteiger partial charge in [0.05, 0.1) is 0 Å². The average Bonchev–Trinajstić information content (AvgIpc) is 2.38. The number of amides is 1. The van der Waals surface area contributed by atoms with Crippen LogP contribution in [-0.2, 0) is 4.79 Å². The molecule has 0 saturated heterocycles. The maximum Gasteiger partial charge on any atom is 0.243 e. The van der Waals surface area contributed by atoms with Crippen LogP contribution in [-0.4, -0.2) is 11.4 Å². The van der Waals surface area contributed by atoms with Crippen LogP contribution in [0.1, 0.15) is 45.6 Å². The van der Waals surface area contributed by atoms with Gasteiger partial charge in [-0.25, -0.2) is 0 Å². The van der Waals surface area contributed by atoms with E-state index in [1.165, 1.54) is 12.0 Å². The van der Waals surface area contributed by atoms with E-state index in [-0.39, 0.29) is 11.8 Å². The zero-order chi connectivity index (χ0) is 15.6. The molecule has 1 aromatic carbocycles. The molecule has 2 rings (SSSR count). The number of aryl methyl sites for hydroxylation is 1. The molecule has 116 valence electrons. The lowest BCUT2D eigenvalue weighted by Gasteiger charge is -2.47. The minimum atomic E-state index is -0.625. The lowest BCUT2D eigenvalue weighted by molar-refractivity contribution is -0.126. The van der Waals surface area contributed by atoms with Gasteiger partial charge in [0, 0.05) is 5.69 Å². The second-order valence-electron chi connectivity index (χ2n) is 7.07. The number of nitrogens with two attached hydrogens (primary N) is 1. The van der Waals surface area contributed by atoms with Crippen molar-refractivity contribution in [3.63, 3.8) is 0 Å². The Hall–Kier alpha value is -1.51. The van der Waals surface area contributed by atoms with Gasteiger partial charge >= 0.3 is 0 Å². The molecule has 1 amide bonds. The summed E-state index contributed by atoms with van der Waals surface area (Å²) in [5, 5.41) is 3.52. The Bertz CT molecular complexity index is 512. The minimum absolute atomic E-state index is 0.214. The van der Waals surface area contributed by atoms with E-state index in [1.54, 1.807) is 0 Å². The lowest BCUT2D eigenvalue weighted by Crippen LogP contribution is -2.60. The first-order valence-corrected chi connectivity index (χ1v) is 8.00. The maximum atomic E-state index is 12.4. The predicted octanol–water partition coefficient (Wildman–Crippen LogP) is 3.72. The maximum absolute atomic E-state index is 12.4. The van der Waals surface area contributed by atoms with Gasteiger partial charge in [-0.15, -0.1) is 0 Å². The van der Waals surface area contributed by atoms with E-state index in [2.05, 4.69) is 45.1 Å². The number of benzene rings is 1. The van der Waals surface area contributed by atoms with Gasteiger partial charge in [0.1, 0.15) is 5.54 Å². The third-order valence-electron chi connectivity index (χ3n) is 4.90. The SMILES string of the molecule is Cc1cccc(NC2(C(N)=O)CC(C)CCC2C(C)C)c1. The number of carbonyl (C=O) groups is 1. The molecule has 0 heterocycles. The fourth-order valence-corrected chi connectivity index (χ4v) is 3.88. The molecule has 1 aromatic rings. The summed E-state index contributed by atoms with van der Waals surface area (Å²) in [6, 6.07) is 8.18. The Kier molecular flexibility index (Phi) is 4.60. The van der Waals surface area contributed by atoms with Gasteiger partial charge in [-0.1, -0.05) is 39.3 Å². The summed E-state index contributed by atoms with van der Waals surface area (Å²) in [4.78, 5) is 12.4. The molecular formula is C18H28N2O. The molecule has 1 aliphatic carbocycles. The molecule has 0 bridgehead atoms. The van der Waals surface area contributed by atoms with Crippen molar-refractivity contribution in [3.05, 3.63) is 29.8 Å². The summed E-state index contributed by atoms with van der Waals surface area (Å²) >= 11 is 0. The average molecular weight is 288 g/mol. The van der Waals surface area contributed by atoms with Gasteiger partial charge in [-0.2, -0.15) is 0 Å². The van der Waals surface area contributed by atoms with Crippen LogP contribution in [0.2, 0.25) is 0 Å². The summed E-state index contributed by atoms with van der Waals surface area (Å²) in [6.45, 7) is 8.66. The van der Waals surface area contributed by atoms with Crippen molar-refractivity contribution in [2.24, 2.45) is 23.5 Å². The molecule has 0 aromatic heterocycles. The number of primary amides is 1. The molecule has 1 fully saturated rings. The summed E-state index contributed by atoms with van der Waals surface area (Å²) in [5.74, 6) is 1.02. The first-order valence-electron chi connectivity index (χ1n) is 8.00. The highest BCUT2D eigenvalue weighted by Gasteiger charge is 2.48. The standard InChI is InChI=1S/C18H28N2O/c1-12(2)16-9-8-14(4)11-18(16,17(19)21)20-15-7-5-6-13(3)10-15/h5-7,10,12,14,16,20H,8-9,11H2,1-4H3,(H2,19,21). The molecule has 0 aliphatic heterocycles. The van der Waals surface area contributed by atoms with Crippen LogP contribution in [0.5, 0.6) is 0 Å². The molecule has 3 nitrogen and oxygen atoms in total. The molecule has 3 heteroatoms. The molecule has 0 spiro atoms. The second kappa shape index (κ2) is 6.08. The normalized spacial score (nSPS) is 29.4. The molecule has 3 atom stereocenters. The second-order valence-corrected chi connectivity index (χ2v) is 7.07. The Balaban J connectivity index is 2.39. The number of nitrogens with one attached hydrogen (secondary N) is 1. The molecule has 3 unspecified atom stereocenters. The van der Waals surface area contributed by atoms with Crippen LogP contribution in [0, 0.1) is 24.7 Å². The van der Waals surface area contributed by atoms with E-state index in [4.69, 9.17) is 5.73 Å². The predicted molar refractivity (Wildman–Crippen MR) is 88.1 cm³/mol. The highest BCUT2D eigenvalue weighted by molar-refractivity contribution is 5.88. The largest absolute Gasteiger partial charge is 0.371 e. The van der Waals surface area contributed by atoms with Crippen molar-refractivity contribution in [3.8, 4) is 0 Å². The number of hydrogen-bond donors (Lipinski definition) is 2. The van der Waals surface area contributed by atoms with Gasteiger partial charge in [0.2, 0.25) is 5.91 Å². The van der Waals surface area contributed by atoms with Gasteiger partial charge in [-0.3, -0.25) is 4.79 Å². The number of carbonyl (C=O) groups excluding carboxylic acids is 1. The molecule has 1 saturated carbocycles. The van der Waals surface area contributed by atoms with E-state index >= 15 is 0 Å². The van der Waals surface area contributed by atoms with E-state index in [1.807, 2.05) is 12.1 Å². The van der Waals surface area contributed by atoms with Crippen LogP contribution in [0.25, 0.3) is 0 Å². The molecule has 21 heavy (non-hydrogen) atoms. The van der Waals surface area contributed by atoms with Gasteiger partial charge in [-0.05, 0) is 55.2 Å². The number of rotatable bonds is 4. The molecule has 0 radical (unpaired) electrons. The van der Waals surface area contributed by atoms with Crippen LogP contribution < -0.4 is 11.1 Å². The van der Waals surface area contributed by atoms with Crippen molar-refractivity contribution < 1.29 is 4.79 Å².